The maximum atomic E-state index is 9.08. The van der Waals surface area contributed by atoms with E-state index in [0.29, 0.717) is 0 Å². The molecule has 5 heteroatoms. The maximum Gasteiger partial charge on any atom is 0.0562 e. The number of aliphatic hydroxyl groups excluding tert-OH is 4. The summed E-state index contributed by atoms with van der Waals surface area (Å²) in [5.41, 5.74) is 0.389. The van der Waals surface area contributed by atoms with Crippen molar-refractivity contribution in [1.82, 2.24) is 0 Å². The fourth-order valence-corrected chi connectivity index (χ4v) is 1.18. The summed E-state index contributed by atoms with van der Waals surface area (Å²) in [4.78, 5) is 0. The molecule has 0 aliphatic heterocycles. The van der Waals surface area contributed by atoms with Gasteiger partial charge in [0.2, 0.25) is 0 Å². The molecule has 0 radical (unpaired) electrons. The molecule has 0 aromatic rings. The van der Waals surface area contributed by atoms with Crippen molar-refractivity contribution in [2.24, 2.45) is 21.7 Å². The van der Waals surface area contributed by atoms with E-state index >= 15 is 0 Å². The van der Waals surface area contributed by atoms with Crippen LogP contribution in [-0.2, 0) is 21.7 Å². The summed E-state index contributed by atoms with van der Waals surface area (Å²) in [5, 5.41) is 36.3. The van der Waals surface area contributed by atoms with Crippen LogP contribution < -0.4 is 0 Å². The molecule has 0 aromatic heterocycles. The smallest absolute Gasteiger partial charge is 0.0562 e. The number of rotatable bonds is 8. The van der Waals surface area contributed by atoms with Crippen LogP contribution in [0, 0.1) is 21.7 Å². The van der Waals surface area contributed by atoms with Gasteiger partial charge in [-0.3, -0.25) is 0 Å². The van der Waals surface area contributed by atoms with Gasteiger partial charge in [-0.15, -0.1) is 0 Å². The van der Waals surface area contributed by atoms with Gasteiger partial charge in [-0.2, -0.15) is 0 Å². The summed E-state index contributed by atoms with van der Waals surface area (Å²) in [7, 11) is 0. The minimum Gasteiger partial charge on any atom is -0.393 e. The van der Waals surface area contributed by atoms with E-state index in [1.54, 1.807) is 0 Å². The Morgan fingerprint density at radius 3 is 0.485 bits per heavy atom. The monoisotopic (exact) mass is 512 g/mol. The van der Waals surface area contributed by atoms with E-state index in [4.69, 9.17) is 20.4 Å². The molecule has 0 rings (SSSR count). The Morgan fingerprint density at radius 1 is 0.394 bits per heavy atom. The summed E-state index contributed by atoms with van der Waals surface area (Å²) in [6.45, 7) is 32.2. The summed E-state index contributed by atoms with van der Waals surface area (Å²) < 4.78 is 0. The second-order valence-corrected chi connectivity index (χ2v) is 12.1. The topological polar surface area (TPSA) is 80.9 Å². The first kappa shape index (κ1) is 43.6. The molecule has 204 valence electrons. The van der Waals surface area contributed by atoms with Crippen molar-refractivity contribution in [3.63, 3.8) is 0 Å². The molecule has 0 saturated carbocycles. The molecule has 0 aliphatic rings. The quantitative estimate of drug-likeness (QED) is 0.259. The van der Waals surface area contributed by atoms with Crippen molar-refractivity contribution in [3.05, 3.63) is 0 Å². The maximum absolute atomic E-state index is 9.08. The Labute approximate surface area is 224 Å². The molecule has 0 saturated heterocycles. The second kappa shape index (κ2) is 19.7. The van der Waals surface area contributed by atoms with Crippen molar-refractivity contribution in [3.8, 4) is 0 Å². The van der Waals surface area contributed by atoms with Crippen LogP contribution in [0.1, 0.15) is 136 Å². The van der Waals surface area contributed by atoms with Gasteiger partial charge in [0.15, 0.2) is 0 Å². The molecule has 4 nitrogen and oxygen atoms in total. The van der Waals surface area contributed by atoms with Gasteiger partial charge in [-0.05, 0) is 75.0 Å². The van der Waals surface area contributed by atoms with Crippen LogP contribution in [0.3, 0.4) is 0 Å². The molecule has 0 fully saturated rings. The van der Waals surface area contributed by atoms with Crippen molar-refractivity contribution in [2.75, 3.05) is 0 Å². The van der Waals surface area contributed by atoms with Gasteiger partial charge in [0.05, 0.1) is 24.4 Å². The largest absolute Gasteiger partial charge is 0.393 e. The van der Waals surface area contributed by atoms with E-state index < -0.39 is 0 Å². The third kappa shape index (κ3) is 22.7. The summed E-state index contributed by atoms with van der Waals surface area (Å²) in [5.74, 6) is 0. The first-order chi connectivity index (χ1) is 14.0. The average Bonchev–Trinajstić information content (AvgIpc) is 2.68. The second-order valence-electron chi connectivity index (χ2n) is 12.1. The van der Waals surface area contributed by atoms with Gasteiger partial charge in [-0.1, -0.05) is 83.1 Å². The normalized spacial score (nSPS) is 15.6. The van der Waals surface area contributed by atoms with Gasteiger partial charge < -0.3 is 20.4 Å². The Morgan fingerprint density at radius 2 is 0.485 bits per heavy atom. The minimum atomic E-state index is -0.188. The number of aliphatic hydroxyl groups is 4. The SMILES string of the molecule is CCC(C)(C)C(C)O.CCC(C)(C)C(C)O.CCC(C)(C)C(C)O.CCC(C)(C)C(C)O.[Ti]. The van der Waals surface area contributed by atoms with Gasteiger partial charge in [-0.25, -0.2) is 0 Å². The predicted octanol–water partition coefficient (Wildman–Crippen LogP) is 7.21. The fourth-order valence-electron chi connectivity index (χ4n) is 1.18. The Hall–Kier alpha value is 0.554. The Kier molecular flexibility index (Phi) is 26.0. The first-order valence-corrected chi connectivity index (χ1v) is 12.7. The molecule has 0 spiro atoms. The molecule has 0 aromatic carbocycles. The van der Waals surface area contributed by atoms with Crippen LogP contribution in [0.15, 0.2) is 0 Å². The zero-order valence-corrected chi connectivity index (χ0v) is 27.0. The van der Waals surface area contributed by atoms with Crippen molar-refractivity contribution < 1.29 is 42.1 Å². The molecule has 33 heavy (non-hydrogen) atoms. The van der Waals surface area contributed by atoms with Crippen LogP contribution in [0.2, 0.25) is 0 Å². The third-order valence-corrected chi connectivity index (χ3v) is 8.17. The van der Waals surface area contributed by atoms with Gasteiger partial charge in [0.1, 0.15) is 0 Å². The summed E-state index contributed by atoms with van der Waals surface area (Å²) >= 11 is 0. The zero-order valence-electron chi connectivity index (χ0n) is 25.4. The van der Waals surface area contributed by atoms with Gasteiger partial charge >= 0.3 is 0 Å². The van der Waals surface area contributed by atoms with E-state index in [0.717, 1.165) is 25.7 Å². The average molecular weight is 513 g/mol. The van der Waals surface area contributed by atoms with Crippen LogP contribution in [-0.4, -0.2) is 44.8 Å². The van der Waals surface area contributed by atoms with Crippen molar-refractivity contribution >= 4 is 0 Å². The molecule has 0 amide bonds. The Balaban J connectivity index is -0.000000105. The zero-order chi connectivity index (χ0) is 27.1. The molecule has 0 bridgehead atoms. The fraction of sp³-hybridized carbons (Fsp3) is 1.00. The standard InChI is InChI=1S/4C7H16O.Ti/c4*1-5-7(3,4)6(2)8;/h4*6,8H,5H2,1-4H3;. The van der Waals surface area contributed by atoms with E-state index in [1.165, 1.54) is 0 Å². The number of hydrogen-bond donors (Lipinski definition) is 4. The van der Waals surface area contributed by atoms with E-state index in [2.05, 4.69) is 83.1 Å². The van der Waals surface area contributed by atoms with Crippen LogP contribution in [0.4, 0.5) is 0 Å². The van der Waals surface area contributed by atoms with E-state index in [-0.39, 0.29) is 67.8 Å². The summed E-state index contributed by atoms with van der Waals surface area (Å²) in [6.07, 6.45) is 3.38. The molecule has 0 heterocycles. The van der Waals surface area contributed by atoms with E-state index in [1.807, 2.05) is 27.7 Å². The minimum absolute atomic E-state index is 0. The predicted molar refractivity (Wildman–Crippen MR) is 143 cm³/mol. The first-order valence-electron chi connectivity index (χ1n) is 12.7. The number of hydrogen-bond acceptors (Lipinski definition) is 4. The Bertz CT molecular complexity index is 346. The molecule has 0 aliphatic carbocycles. The molecule has 4 atom stereocenters. The molecular weight excluding hydrogens is 448 g/mol. The molecule has 4 unspecified atom stereocenters. The van der Waals surface area contributed by atoms with Crippen LogP contribution in [0.25, 0.3) is 0 Å². The molecule has 4 N–H and O–H groups in total. The van der Waals surface area contributed by atoms with Crippen molar-refractivity contribution in [1.29, 1.82) is 0 Å². The van der Waals surface area contributed by atoms with Crippen molar-refractivity contribution in [2.45, 2.75) is 161 Å². The van der Waals surface area contributed by atoms with Crippen LogP contribution >= 0.6 is 0 Å². The van der Waals surface area contributed by atoms with Gasteiger partial charge in [0.25, 0.3) is 0 Å². The van der Waals surface area contributed by atoms with E-state index in [9.17, 15) is 0 Å². The third-order valence-electron chi connectivity index (χ3n) is 8.17. The van der Waals surface area contributed by atoms with Gasteiger partial charge in [0, 0.05) is 21.7 Å². The van der Waals surface area contributed by atoms with Crippen LogP contribution in [0.5, 0.6) is 0 Å². The molecular formula is C28H64O4Ti. The summed E-state index contributed by atoms with van der Waals surface area (Å²) in [6, 6.07) is 0.